The number of nitrogens with one attached hydrogen (secondary N) is 1. The highest BCUT2D eigenvalue weighted by molar-refractivity contribution is 5.83. The fraction of sp³-hybridized carbons (Fsp3) is 0.467. The van der Waals surface area contributed by atoms with Crippen LogP contribution in [0.25, 0.3) is 0 Å². The van der Waals surface area contributed by atoms with Crippen molar-refractivity contribution in [1.29, 1.82) is 0 Å². The van der Waals surface area contributed by atoms with Crippen molar-refractivity contribution < 1.29 is 19.1 Å². The molecule has 2 rings (SSSR count). The number of carbonyl (C=O) groups excluding carboxylic acids is 2. The van der Waals surface area contributed by atoms with Crippen molar-refractivity contribution in [2.24, 2.45) is 0 Å². The Labute approximate surface area is 124 Å². The second-order valence-electron chi connectivity index (χ2n) is 4.87. The van der Waals surface area contributed by atoms with Crippen LogP contribution >= 0.6 is 0 Å². The molecule has 0 unspecified atom stereocenters. The van der Waals surface area contributed by atoms with E-state index in [1.54, 1.807) is 18.1 Å². The molecule has 0 bridgehead atoms. The van der Waals surface area contributed by atoms with E-state index in [0.29, 0.717) is 18.8 Å². The van der Waals surface area contributed by atoms with Crippen molar-refractivity contribution in [3.05, 3.63) is 29.8 Å². The minimum absolute atomic E-state index is 0.246. The summed E-state index contributed by atoms with van der Waals surface area (Å²) < 4.78 is 9.97. The first-order chi connectivity index (χ1) is 10.2. The van der Waals surface area contributed by atoms with Gasteiger partial charge in [-0.25, -0.2) is 9.59 Å². The first-order valence-electron chi connectivity index (χ1n) is 7.07. The molecule has 0 aliphatic carbocycles. The molecule has 1 aromatic carbocycles. The monoisotopic (exact) mass is 292 g/mol. The summed E-state index contributed by atoms with van der Waals surface area (Å²) in [6, 6.07) is 7.34. The lowest BCUT2D eigenvalue weighted by Gasteiger charge is -2.25. The van der Waals surface area contributed by atoms with Gasteiger partial charge in [0.2, 0.25) is 0 Å². The number of piperidine rings is 1. The third-order valence-corrected chi connectivity index (χ3v) is 3.41. The Morgan fingerprint density at radius 1 is 1.19 bits per heavy atom. The molecule has 1 aromatic rings. The number of para-hydroxylation sites is 1. The molecule has 0 aromatic heterocycles. The average molecular weight is 292 g/mol. The molecule has 0 spiro atoms. The highest BCUT2D eigenvalue weighted by atomic mass is 16.6. The first kappa shape index (κ1) is 15.2. The lowest BCUT2D eigenvalue weighted by Crippen LogP contribution is -2.39. The molecule has 0 saturated carbocycles. The number of benzene rings is 1. The lowest BCUT2D eigenvalue weighted by atomic mass is 10.1. The van der Waals surface area contributed by atoms with Crippen molar-refractivity contribution in [3.8, 4) is 5.75 Å². The number of likely N-dealkylation sites (tertiary alicyclic amines) is 1. The van der Waals surface area contributed by atoms with Crippen LogP contribution in [0.2, 0.25) is 0 Å². The molecule has 1 fully saturated rings. The molecule has 1 aliphatic heterocycles. The normalized spacial score (nSPS) is 14.4. The van der Waals surface area contributed by atoms with Gasteiger partial charge in [-0.3, -0.25) is 0 Å². The van der Waals surface area contributed by atoms with E-state index in [1.807, 2.05) is 18.2 Å². The highest BCUT2D eigenvalue weighted by Crippen LogP contribution is 2.16. The number of rotatable bonds is 3. The van der Waals surface area contributed by atoms with Crippen molar-refractivity contribution in [2.45, 2.75) is 25.8 Å². The summed E-state index contributed by atoms with van der Waals surface area (Å²) in [4.78, 5) is 25.0. The van der Waals surface area contributed by atoms with E-state index in [1.165, 1.54) is 0 Å². The van der Waals surface area contributed by atoms with E-state index in [2.05, 4.69) is 5.32 Å². The molecule has 1 saturated heterocycles. The van der Waals surface area contributed by atoms with Gasteiger partial charge >= 0.3 is 12.2 Å². The third kappa shape index (κ3) is 4.37. The summed E-state index contributed by atoms with van der Waals surface area (Å²) in [5.74, 6) is 0.681. The molecule has 1 aliphatic rings. The summed E-state index contributed by atoms with van der Waals surface area (Å²) >= 11 is 0. The Morgan fingerprint density at radius 2 is 1.90 bits per heavy atom. The van der Waals surface area contributed by atoms with Crippen molar-refractivity contribution >= 4 is 12.2 Å². The number of methoxy groups -OCH3 is 1. The first-order valence-corrected chi connectivity index (χ1v) is 7.07. The molecule has 0 atom stereocenters. The predicted molar refractivity (Wildman–Crippen MR) is 77.1 cm³/mol. The van der Waals surface area contributed by atoms with Crippen LogP contribution in [0, 0.1) is 0 Å². The van der Waals surface area contributed by atoms with E-state index < -0.39 is 12.2 Å². The van der Waals surface area contributed by atoms with Gasteiger partial charge in [0.25, 0.3) is 0 Å². The Kier molecular flexibility index (Phi) is 5.43. The van der Waals surface area contributed by atoms with Crippen LogP contribution in [-0.4, -0.2) is 37.3 Å². The number of nitrogens with zero attached hydrogens (tertiary/aromatic N) is 1. The molecule has 1 N–H and O–H groups in total. The van der Waals surface area contributed by atoms with Crippen molar-refractivity contribution in [2.75, 3.05) is 20.2 Å². The highest BCUT2D eigenvalue weighted by Gasteiger charge is 2.20. The summed E-state index contributed by atoms with van der Waals surface area (Å²) in [7, 11) is 1.57. The quantitative estimate of drug-likeness (QED) is 0.869. The fourth-order valence-corrected chi connectivity index (χ4v) is 2.27. The Bertz CT molecular complexity index is 498. The van der Waals surface area contributed by atoms with Gasteiger partial charge in [-0.2, -0.15) is 0 Å². The third-order valence-electron chi connectivity index (χ3n) is 3.41. The number of ether oxygens (including phenoxy) is 2. The number of carbonyl (C=O) groups is 2. The van der Waals surface area contributed by atoms with E-state index in [9.17, 15) is 9.59 Å². The minimum atomic E-state index is -0.739. The number of hydrogen-bond donors (Lipinski definition) is 1. The molecule has 114 valence electrons. The zero-order chi connectivity index (χ0) is 15.1. The van der Waals surface area contributed by atoms with Gasteiger partial charge in [0.05, 0.1) is 7.11 Å². The fourth-order valence-electron chi connectivity index (χ4n) is 2.27. The van der Waals surface area contributed by atoms with Crippen LogP contribution in [0.4, 0.5) is 9.59 Å². The van der Waals surface area contributed by atoms with Gasteiger partial charge < -0.3 is 19.7 Å². The number of amides is 2. The molecular formula is C15H20N2O4. The minimum Gasteiger partial charge on any atom is -0.496 e. The zero-order valence-corrected chi connectivity index (χ0v) is 12.1. The molecule has 2 amide bonds. The summed E-state index contributed by atoms with van der Waals surface area (Å²) in [6.07, 6.45) is 1.71. The smallest absolute Gasteiger partial charge is 0.418 e. The van der Waals surface area contributed by atoms with Crippen molar-refractivity contribution in [1.82, 2.24) is 10.2 Å². The van der Waals surface area contributed by atoms with E-state index in [4.69, 9.17) is 9.47 Å². The molecule has 0 radical (unpaired) electrons. The summed E-state index contributed by atoms with van der Waals surface area (Å²) in [6.45, 7) is 1.55. The van der Waals surface area contributed by atoms with Gasteiger partial charge in [-0.15, -0.1) is 0 Å². The average Bonchev–Trinajstić information content (AvgIpc) is 2.54. The van der Waals surface area contributed by atoms with Crippen molar-refractivity contribution in [3.63, 3.8) is 0 Å². The predicted octanol–water partition coefficient (Wildman–Crippen LogP) is 2.53. The standard InChI is InChI=1S/C15H20N2O4/c1-20-13-8-4-3-7-12(13)11-16-14(18)21-15(19)17-9-5-2-6-10-17/h3-4,7-8H,2,5-6,9-11H2,1H3,(H,16,18). The van der Waals surface area contributed by atoms with Crippen LogP contribution in [0.3, 0.4) is 0 Å². The van der Waals surface area contributed by atoms with E-state index >= 15 is 0 Å². The van der Waals surface area contributed by atoms with Gasteiger partial charge in [0.15, 0.2) is 0 Å². The van der Waals surface area contributed by atoms with Gasteiger partial charge in [-0.05, 0) is 25.3 Å². The van der Waals surface area contributed by atoms with Gasteiger partial charge in [0, 0.05) is 25.2 Å². The molecule has 6 nitrogen and oxygen atoms in total. The second-order valence-corrected chi connectivity index (χ2v) is 4.87. The molecule has 21 heavy (non-hydrogen) atoms. The van der Waals surface area contributed by atoms with Gasteiger partial charge in [-0.1, -0.05) is 18.2 Å². The lowest BCUT2D eigenvalue weighted by molar-refractivity contribution is 0.111. The number of alkyl carbamates (subject to hydrolysis) is 1. The topological polar surface area (TPSA) is 67.9 Å². The summed E-state index contributed by atoms with van der Waals surface area (Å²) in [5.41, 5.74) is 0.822. The van der Waals surface area contributed by atoms with Crippen LogP contribution in [-0.2, 0) is 11.3 Å². The molecular weight excluding hydrogens is 272 g/mol. The molecule has 1 heterocycles. The maximum atomic E-state index is 11.8. The zero-order valence-electron chi connectivity index (χ0n) is 12.1. The summed E-state index contributed by atoms with van der Waals surface area (Å²) in [5, 5.41) is 2.56. The Balaban J connectivity index is 1.80. The Morgan fingerprint density at radius 3 is 2.62 bits per heavy atom. The number of hydrogen-bond acceptors (Lipinski definition) is 4. The maximum Gasteiger partial charge on any atom is 0.418 e. The SMILES string of the molecule is COc1ccccc1CNC(=O)OC(=O)N1CCCCC1. The van der Waals surface area contributed by atoms with Crippen LogP contribution in [0.1, 0.15) is 24.8 Å². The Hall–Kier alpha value is -2.24. The van der Waals surface area contributed by atoms with Crippen LogP contribution < -0.4 is 10.1 Å². The second kappa shape index (κ2) is 7.52. The van der Waals surface area contributed by atoms with Crippen LogP contribution in [0.15, 0.2) is 24.3 Å². The largest absolute Gasteiger partial charge is 0.496 e. The van der Waals surface area contributed by atoms with Gasteiger partial charge in [0.1, 0.15) is 5.75 Å². The maximum absolute atomic E-state index is 11.8. The van der Waals surface area contributed by atoms with Crippen LogP contribution in [0.5, 0.6) is 5.75 Å². The van der Waals surface area contributed by atoms with E-state index in [-0.39, 0.29) is 6.54 Å². The van der Waals surface area contributed by atoms with E-state index in [0.717, 1.165) is 24.8 Å². The molecule has 6 heteroatoms.